The van der Waals surface area contributed by atoms with Crippen molar-refractivity contribution in [3.63, 3.8) is 0 Å². The summed E-state index contributed by atoms with van der Waals surface area (Å²) in [5.41, 5.74) is 8.93. The third-order valence-corrected chi connectivity index (χ3v) is 3.51. The van der Waals surface area contributed by atoms with Gasteiger partial charge in [-0.15, -0.1) is 11.6 Å². The zero-order valence-corrected chi connectivity index (χ0v) is 13.0. The maximum Gasteiger partial charge on any atom is 0.304 e. The first-order valence-electron chi connectivity index (χ1n) is 6.96. The van der Waals surface area contributed by atoms with Crippen LogP contribution in [0.25, 0.3) is 0 Å². The Balaban J connectivity index is 2.89. The highest BCUT2D eigenvalue weighted by Gasteiger charge is 2.13. The van der Waals surface area contributed by atoms with Crippen LogP contribution in [-0.2, 0) is 11.2 Å². The molecule has 0 spiro atoms. The van der Waals surface area contributed by atoms with E-state index in [0.717, 1.165) is 16.8 Å². The minimum atomic E-state index is -0.889. The lowest BCUT2D eigenvalue weighted by molar-refractivity contribution is -0.137. The van der Waals surface area contributed by atoms with Gasteiger partial charge in [0.2, 0.25) is 0 Å². The van der Waals surface area contributed by atoms with Crippen LogP contribution in [0.4, 0.5) is 5.69 Å². The fourth-order valence-corrected chi connectivity index (χ4v) is 2.45. The first kappa shape index (κ1) is 17.8. The Bertz CT molecular complexity index is 462. The quantitative estimate of drug-likeness (QED) is 0.599. The lowest BCUT2D eigenvalue weighted by Crippen LogP contribution is -2.29. The molecule has 0 saturated heterocycles. The van der Waals surface area contributed by atoms with E-state index < -0.39 is 12.0 Å². The maximum absolute atomic E-state index is 10.7. The molecule has 21 heavy (non-hydrogen) atoms. The van der Waals surface area contributed by atoms with Crippen molar-refractivity contribution >= 4 is 23.3 Å². The van der Waals surface area contributed by atoms with Crippen LogP contribution >= 0.6 is 11.6 Å². The summed E-state index contributed by atoms with van der Waals surface area (Å²) in [6, 6.07) is 5.55. The molecule has 0 aliphatic rings. The van der Waals surface area contributed by atoms with Gasteiger partial charge in [-0.2, -0.15) is 0 Å². The second-order valence-electron chi connectivity index (χ2n) is 5.07. The van der Waals surface area contributed by atoms with Crippen LogP contribution in [0.3, 0.4) is 0 Å². The van der Waals surface area contributed by atoms with Crippen LogP contribution in [0, 0.1) is 6.92 Å². The number of rotatable bonds is 9. The fraction of sp³-hybridized carbons (Fsp3) is 0.533. The Morgan fingerprint density at radius 1 is 1.43 bits per heavy atom. The van der Waals surface area contributed by atoms with Gasteiger partial charge in [0.15, 0.2) is 0 Å². The van der Waals surface area contributed by atoms with Crippen LogP contribution in [0.1, 0.15) is 17.5 Å². The smallest absolute Gasteiger partial charge is 0.304 e. The Labute approximate surface area is 130 Å². The van der Waals surface area contributed by atoms with E-state index in [4.69, 9.17) is 27.5 Å². The van der Waals surface area contributed by atoms with E-state index >= 15 is 0 Å². The molecule has 1 aromatic rings. The number of carboxylic acid groups (broad SMARTS) is 1. The zero-order chi connectivity index (χ0) is 15.8. The third-order valence-electron chi connectivity index (χ3n) is 3.34. The van der Waals surface area contributed by atoms with Crippen molar-refractivity contribution in [1.29, 1.82) is 0 Å². The van der Waals surface area contributed by atoms with E-state index in [1.165, 1.54) is 0 Å². The predicted molar refractivity (Wildman–Crippen MR) is 85.1 cm³/mol. The van der Waals surface area contributed by atoms with Gasteiger partial charge in [-0.3, -0.25) is 4.79 Å². The Morgan fingerprint density at radius 3 is 2.71 bits per heavy atom. The normalized spacial score (nSPS) is 12.2. The molecule has 0 heterocycles. The number of anilines is 1. The van der Waals surface area contributed by atoms with Gasteiger partial charge in [-0.05, 0) is 36.6 Å². The number of aliphatic carboxylic acids is 1. The van der Waals surface area contributed by atoms with Crippen molar-refractivity contribution in [1.82, 2.24) is 0 Å². The van der Waals surface area contributed by atoms with Crippen molar-refractivity contribution < 1.29 is 15.0 Å². The number of aliphatic hydroxyl groups is 1. The highest BCUT2D eigenvalue weighted by atomic mass is 35.5. The molecular formula is C15H23ClN2O3. The number of halogens is 1. The van der Waals surface area contributed by atoms with Crippen molar-refractivity contribution in [2.75, 3.05) is 30.5 Å². The topological polar surface area (TPSA) is 86.8 Å². The molecule has 0 aliphatic heterocycles. The lowest BCUT2D eigenvalue weighted by Gasteiger charge is -2.24. The number of benzene rings is 1. The number of carbonyl (C=O) groups is 1. The number of hydrogen-bond acceptors (Lipinski definition) is 4. The molecule has 0 aliphatic carbocycles. The molecule has 118 valence electrons. The molecule has 6 heteroatoms. The van der Waals surface area contributed by atoms with Crippen molar-refractivity contribution in [3.8, 4) is 0 Å². The van der Waals surface area contributed by atoms with Gasteiger partial charge in [-0.25, -0.2) is 0 Å². The number of carboxylic acids is 1. The molecule has 0 aromatic heterocycles. The number of aliphatic hydroxyl groups excluding tert-OH is 1. The SMILES string of the molecule is Cc1ccc(N(CCO)CCCl)cc1C[C@H](N)CC(=O)O. The van der Waals surface area contributed by atoms with Crippen LogP contribution in [0.2, 0.25) is 0 Å². The molecule has 0 unspecified atom stereocenters. The minimum absolute atomic E-state index is 0.0499. The molecule has 1 atom stereocenters. The van der Waals surface area contributed by atoms with Crippen molar-refractivity contribution in [3.05, 3.63) is 29.3 Å². The summed E-state index contributed by atoms with van der Waals surface area (Å²) in [5.74, 6) is -0.415. The fourth-order valence-electron chi connectivity index (χ4n) is 2.25. The zero-order valence-electron chi connectivity index (χ0n) is 12.3. The van der Waals surface area contributed by atoms with E-state index in [1.807, 2.05) is 30.0 Å². The molecule has 0 amide bonds. The third kappa shape index (κ3) is 5.91. The number of aryl methyl sites for hydroxylation is 1. The Hall–Kier alpha value is -1.30. The number of alkyl halides is 1. The molecular weight excluding hydrogens is 292 g/mol. The first-order valence-corrected chi connectivity index (χ1v) is 7.50. The summed E-state index contributed by atoms with van der Waals surface area (Å²) in [6.07, 6.45) is 0.464. The van der Waals surface area contributed by atoms with Gasteiger partial charge in [0, 0.05) is 30.7 Å². The highest BCUT2D eigenvalue weighted by Crippen LogP contribution is 2.21. The van der Waals surface area contributed by atoms with Crippen LogP contribution < -0.4 is 10.6 Å². The van der Waals surface area contributed by atoms with Gasteiger partial charge < -0.3 is 20.8 Å². The second kappa shape index (κ2) is 8.87. The van der Waals surface area contributed by atoms with Crippen LogP contribution in [0.5, 0.6) is 0 Å². The lowest BCUT2D eigenvalue weighted by atomic mass is 9.99. The van der Waals surface area contributed by atoms with Gasteiger partial charge in [0.05, 0.1) is 13.0 Å². The Kier molecular flexibility index (Phi) is 7.50. The monoisotopic (exact) mass is 314 g/mol. The number of nitrogens with two attached hydrogens (primary N) is 1. The van der Waals surface area contributed by atoms with E-state index in [9.17, 15) is 4.79 Å². The average Bonchev–Trinajstić information content (AvgIpc) is 2.40. The van der Waals surface area contributed by atoms with E-state index in [2.05, 4.69) is 0 Å². The Morgan fingerprint density at radius 2 is 2.14 bits per heavy atom. The van der Waals surface area contributed by atoms with Crippen LogP contribution in [0.15, 0.2) is 18.2 Å². The molecule has 0 fully saturated rings. The number of hydrogen-bond donors (Lipinski definition) is 3. The molecule has 0 saturated carbocycles. The van der Waals surface area contributed by atoms with Gasteiger partial charge in [0.25, 0.3) is 0 Å². The van der Waals surface area contributed by atoms with E-state index in [1.54, 1.807) is 0 Å². The summed E-state index contributed by atoms with van der Waals surface area (Å²) >= 11 is 5.79. The number of nitrogens with zero attached hydrogens (tertiary/aromatic N) is 1. The van der Waals surface area contributed by atoms with Crippen molar-refractivity contribution in [2.24, 2.45) is 5.73 Å². The van der Waals surface area contributed by atoms with E-state index in [-0.39, 0.29) is 13.0 Å². The van der Waals surface area contributed by atoms with Crippen molar-refractivity contribution in [2.45, 2.75) is 25.8 Å². The average molecular weight is 315 g/mol. The molecule has 0 radical (unpaired) electrons. The van der Waals surface area contributed by atoms with Gasteiger partial charge in [-0.1, -0.05) is 6.07 Å². The summed E-state index contributed by atoms with van der Waals surface area (Å²) < 4.78 is 0. The minimum Gasteiger partial charge on any atom is -0.481 e. The predicted octanol–water partition coefficient (Wildman–Crippen LogP) is 1.38. The van der Waals surface area contributed by atoms with Crippen LogP contribution in [-0.4, -0.2) is 47.8 Å². The van der Waals surface area contributed by atoms with Gasteiger partial charge in [0.1, 0.15) is 0 Å². The molecule has 1 rings (SSSR count). The molecule has 1 aromatic carbocycles. The van der Waals surface area contributed by atoms with E-state index in [0.29, 0.717) is 25.4 Å². The molecule has 5 nitrogen and oxygen atoms in total. The molecule has 0 bridgehead atoms. The summed E-state index contributed by atoms with van der Waals surface area (Å²) in [6.45, 7) is 3.19. The largest absolute Gasteiger partial charge is 0.481 e. The second-order valence-corrected chi connectivity index (χ2v) is 5.45. The standard InChI is InChI=1S/C15H23ClN2O3/c1-11-2-3-14(18(5-4-16)6-7-19)9-12(11)8-13(17)10-15(20)21/h2-3,9,13,19H,4-8,10,17H2,1H3,(H,20,21)/t13-/m0/s1. The molecule has 4 N–H and O–H groups in total. The maximum atomic E-state index is 10.7. The summed E-state index contributed by atoms with van der Waals surface area (Å²) in [4.78, 5) is 12.7. The first-order chi connectivity index (χ1) is 9.97. The summed E-state index contributed by atoms with van der Waals surface area (Å²) in [7, 11) is 0. The van der Waals surface area contributed by atoms with Gasteiger partial charge >= 0.3 is 5.97 Å². The summed E-state index contributed by atoms with van der Waals surface area (Å²) in [5, 5.41) is 17.9. The highest BCUT2D eigenvalue weighted by molar-refractivity contribution is 6.18.